The molecule has 0 radical (unpaired) electrons. The van der Waals surface area contributed by atoms with Crippen LogP contribution in [0.25, 0.3) is 0 Å². The molecular weight excluding hydrogens is 365 g/mol. The van der Waals surface area contributed by atoms with E-state index in [0.717, 1.165) is 24.3 Å². The molecule has 0 aliphatic rings. The first kappa shape index (κ1) is 21.1. The highest BCUT2D eigenvalue weighted by Gasteiger charge is 2.28. The van der Waals surface area contributed by atoms with Crippen LogP contribution in [-0.2, 0) is 13.2 Å². The lowest BCUT2D eigenvalue weighted by atomic mass is 9.82. The third-order valence-corrected chi connectivity index (χ3v) is 4.82. The molecule has 0 aromatic heterocycles. The minimum atomic E-state index is 0.171. The van der Waals surface area contributed by atoms with Crippen molar-refractivity contribution in [2.24, 2.45) is 5.41 Å². The van der Waals surface area contributed by atoms with Crippen molar-refractivity contribution in [3.63, 3.8) is 0 Å². The number of hydrogen-bond acceptors (Lipinski definition) is 1. The molecule has 0 spiro atoms. The monoisotopic (exact) mass is 394 g/mol. The molecule has 2 N–H and O–H groups in total. The third kappa shape index (κ3) is 6.83. The summed E-state index contributed by atoms with van der Waals surface area (Å²) in [4.78, 5) is 0. The molecular formula is C22H30Cl2NO+. The molecule has 0 saturated heterocycles. The summed E-state index contributed by atoms with van der Waals surface area (Å²) >= 11 is 12.2. The van der Waals surface area contributed by atoms with Crippen molar-refractivity contribution in [3.05, 3.63) is 63.6 Å². The molecule has 0 saturated carbocycles. The topological polar surface area (TPSA) is 25.8 Å². The average molecular weight is 395 g/mol. The number of rotatable bonds is 7. The molecule has 26 heavy (non-hydrogen) atoms. The van der Waals surface area contributed by atoms with Gasteiger partial charge in [0.05, 0.1) is 5.54 Å². The highest BCUT2D eigenvalue weighted by atomic mass is 35.5. The zero-order valence-corrected chi connectivity index (χ0v) is 17.9. The fraction of sp³-hybridized carbons (Fsp3) is 0.455. The van der Waals surface area contributed by atoms with E-state index < -0.39 is 0 Å². The number of ether oxygens (including phenoxy) is 1. The van der Waals surface area contributed by atoms with Gasteiger partial charge in [0, 0.05) is 27.6 Å². The van der Waals surface area contributed by atoms with Gasteiger partial charge in [-0.15, -0.1) is 0 Å². The lowest BCUT2D eigenvalue weighted by Crippen LogP contribution is -2.94. The normalized spacial score (nSPS) is 12.3. The maximum atomic E-state index is 6.25. The number of nitrogens with two attached hydrogens (primary N) is 1. The number of halogens is 2. The summed E-state index contributed by atoms with van der Waals surface area (Å²) in [7, 11) is 0. The van der Waals surface area contributed by atoms with E-state index in [1.54, 1.807) is 6.07 Å². The van der Waals surface area contributed by atoms with Gasteiger partial charge in [-0.1, -0.05) is 62.2 Å². The molecule has 0 fully saturated rings. The van der Waals surface area contributed by atoms with Gasteiger partial charge in [-0.25, -0.2) is 0 Å². The van der Waals surface area contributed by atoms with Gasteiger partial charge in [0.2, 0.25) is 0 Å². The second kappa shape index (κ2) is 8.65. The average Bonchev–Trinajstić information content (AvgIpc) is 2.51. The fourth-order valence-electron chi connectivity index (χ4n) is 3.43. The van der Waals surface area contributed by atoms with E-state index in [9.17, 15) is 0 Å². The zero-order valence-electron chi connectivity index (χ0n) is 16.4. The number of hydrogen-bond donors (Lipinski definition) is 1. The predicted octanol–water partition coefficient (Wildman–Crippen LogP) is 5.85. The van der Waals surface area contributed by atoms with Gasteiger partial charge in [0.25, 0.3) is 0 Å². The van der Waals surface area contributed by atoms with Crippen molar-refractivity contribution >= 4 is 23.2 Å². The number of benzene rings is 2. The standard InChI is InChI=1S/C22H29Cl2NO/c1-21(2,3)15-22(4,5)25-13-16-8-6-7-9-20(16)26-14-17-10-11-18(23)12-19(17)24/h6-12,25H,13-15H2,1-5H3/p+1. The molecule has 0 unspecified atom stereocenters. The van der Waals surface area contributed by atoms with Crippen LogP contribution in [0.5, 0.6) is 5.75 Å². The molecule has 0 aliphatic heterocycles. The van der Waals surface area contributed by atoms with Crippen molar-refractivity contribution in [2.45, 2.75) is 59.7 Å². The minimum Gasteiger partial charge on any atom is -0.488 e. The van der Waals surface area contributed by atoms with Crippen LogP contribution >= 0.6 is 23.2 Å². The molecule has 142 valence electrons. The lowest BCUT2D eigenvalue weighted by Gasteiger charge is -2.30. The smallest absolute Gasteiger partial charge is 0.128 e. The van der Waals surface area contributed by atoms with E-state index in [1.165, 1.54) is 5.56 Å². The third-order valence-electron chi connectivity index (χ3n) is 4.23. The van der Waals surface area contributed by atoms with Gasteiger partial charge >= 0.3 is 0 Å². The Morgan fingerprint density at radius 2 is 1.62 bits per heavy atom. The molecule has 2 aromatic rings. The van der Waals surface area contributed by atoms with Crippen molar-refractivity contribution in [3.8, 4) is 5.75 Å². The van der Waals surface area contributed by atoms with Crippen LogP contribution < -0.4 is 10.1 Å². The van der Waals surface area contributed by atoms with Crippen LogP contribution in [0, 0.1) is 5.41 Å². The molecule has 0 atom stereocenters. The maximum absolute atomic E-state index is 6.25. The Bertz CT molecular complexity index is 735. The first-order valence-corrected chi connectivity index (χ1v) is 9.80. The Morgan fingerprint density at radius 1 is 0.923 bits per heavy atom. The van der Waals surface area contributed by atoms with E-state index in [4.69, 9.17) is 27.9 Å². The molecule has 0 aliphatic carbocycles. The van der Waals surface area contributed by atoms with Gasteiger partial charge in [-0.2, -0.15) is 0 Å². The van der Waals surface area contributed by atoms with Gasteiger partial charge in [-0.05, 0) is 43.5 Å². The first-order chi connectivity index (χ1) is 12.1. The Labute approximate surface area is 167 Å². The van der Waals surface area contributed by atoms with Crippen LogP contribution in [0.3, 0.4) is 0 Å². The largest absolute Gasteiger partial charge is 0.488 e. The summed E-state index contributed by atoms with van der Waals surface area (Å²) in [6, 6.07) is 13.7. The van der Waals surface area contributed by atoms with Crippen molar-refractivity contribution in [1.29, 1.82) is 0 Å². The summed E-state index contributed by atoms with van der Waals surface area (Å²) in [5.74, 6) is 0.904. The van der Waals surface area contributed by atoms with Gasteiger partial charge in [0.15, 0.2) is 0 Å². The fourth-order valence-corrected chi connectivity index (χ4v) is 3.90. The van der Waals surface area contributed by atoms with E-state index in [1.807, 2.05) is 24.3 Å². The van der Waals surface area contributed by atoms with Crippen LogP contribution in [-0.4, -0.2) is 5.54 Å². The molecule has 2 aromatic carbocycles. The highest BCUT2D eigenvalue weighted by Crippen LogP contribution is 2.26. The summed E-state index contributed by atoms with van der Waals surface area (Å²) in [6.45, 7) is 12.8. The summed E-state index contributed by atoms with van der Waals surface area (Å²) < 4.78 is 6.06. The summed E-state index contributed by atoms with van der Waals surface area (Å²) in [6.07, 6.45) is 1.14. The zero-order chi connectivity index (χ0) is 19.4. The van der Waals surface area contributed by atoms with Gasteiger partial charge in [0.1, 0.15) is 18.9 Å². The Hall–Kier alpha value is -1.22. The second-order valence-corrected chi connectivity index (χ2v) is 9.61. The summed E-state index contributed by atoms with van der Waals surface area (Å²) in [5, 5.41) is 3.66. The molecule has 4 heteroatoms. The maximum Gasteiger partial charge on any atom is 0.128 e. The van der Waals surface area contributed by atoms with E-state index >= 15 is 0 Å². The molecule has 0 bridgehead atoms. The van der Waals surface area contributed by atoms with Crippen molar-refractivity contribution in [2.75, 3.05) is 0 Å². The number of para-hydroxylation sites is 1. The molecule has 2 nitrogen and oxygen atoms in total. The second-order valence-electron chi connectivity index (χ2n) is 8.77. The summed E-state index contributed by atoms with van der Waals surface area (Å²) in [5.41, 5.74) is 2.61. The molecule has 0 amide bonds. The Morgan fingerprint density at radius 3 is 2.27 bits per heavy atom. The van der Waals surface area contributed by atoms with E-state index in [-0.39, 0.29) is 5.54 Å². The number of quaternary nitrogens is 1. The highest BCUT2D eigenvalue weighted by molar-refractivity contribution is 6.35. The van der Waals surface area contributed by atoms with E-state index in [0.29, 0.717) is 22.1 Å². The molecule has 2 rings (SSSR count). The van der Waals surface area contributed by atoms with Crippen molar-refractivity contribution in [1.82, 2.24) is 0 Å². The van der Waals surface area contributed by atoms with Gasteiger partial charge < -0.3 is 10.1 Å². The Kier molecular flexibility index (Phi) is 7.01. The van der Waals surface area contributed by atoms with Crippen LogP contribution in [0.4, 0.5) is 0 Å². The molecule has 0 heterocycles. The van der Waals surface area contributed by atoms with Gasteiger partial charge in [-0.3, -0.25) is 0 Å². The quantitative estimate of drug-likeness (QED) is 0.625. The minimum absolute atomic E-state index is 0.171. The first-order valence-electron chi connectivity index (χ1n) is 9.05. The SMILES string of the molecule is CC(C)(C)CC(C)(C)[NH2+]Cc1ccccc1OCc1ccc(Cl)cc1Cl. The van der Waals surface area contributed by atoms with Crippen molar-refractivity contribution < 1.29 is 10.1 Å². The van der Waals surface area contributed by atoms with Crippen LogP contribution in [0.15, 0.2) is 42.5 Å². The van der Waals surface area contributed by atoms with Crippen LogP contribution in [0.1, 0.15) is 52.2 Å². The predicted molar refractivity (Wildman–Crippen MR) is 111 cm³/mol. The van der Waals surface area contributed by atoms with Crippen LogP contribution in [0.2, 0.25) is 10.0 Å². The van der Waals surface area contributed by atoms with E-state index in [2.05, 4.69) is 52.1 Å². The lowest BCUT2D eigenvalue weighted by molar-refractivity contribution is -0.737. The Balaban J connectivity index is 2.03.